The number of carboxylic acid groups (broad SMARTS) is 1. The van der Waals surface area contributed by atoms with Gasteiger partial charge in [0.25, 0.3) is 0 Å². The first-order valence-electron chi connectivity index (χ1n) is 11.6. The van der Waals surface area contributed by atoms with E-state index in [9.17, 15) is 20.0 Å². The topological polar surface area (TPSA) is 87.4 Å². The van der Waals surface area contributed by atoms with E-state index in [1.807, 2.05) is 40.7 Å². The largest absolute Gasteiger partial charge is 0.481 e. The summed E-state index contributed by atoms with van der Waals surface area (Å²) in [6.45, 7) is 15.8. The van der Waals surface area contributed by atoms with Gasteiger partial charge in [0.15, 0.2) is 5.78 Å². The van der Waals surface area contributed by atoms with Crippen LogP contribution in [0.3, 0.4) is 0 Å². The average Bonchev–Trinajstić information content (AvgIpc) is 2.67. The second kappa shape index (κ2) is 15.0. The fourth-order valence-electron chi connectivity index (χ4n) is 4.23. The van der Waals surface area contributed by atoms with E-state index < -0.39 is 11.9 Å². The van der Waals surface area contributed by atoms with E-state index in [1.165, 1.54) is 6.08 Å². The summed E-state index contributed by atoms with van der Waals surface area (Å²) in [4.78, 5) is 24.2. The number of rotatable bonds is 16. The van der Waals surface area contributed by atoms with Crippen molar-refractivity contribution in [3.63, 3.8) is 0 Å². The van der Waals surface area contributed by atoms with E-state index in [0.717, 1.165) is 38.9 Å². The molecule has 0 radical (unpaired) electrons. The second-order valence-electron chi connectivity index (χ2n) is 9.63. The average molecular weight is 434 g/mol. The molecule has 0 aromatic heterocycles. The molecule has 0 saturated heterocycles. The molecule has 0 amide bonds. The normalized spacial score (nSPS) is 15.6. The van der Waals surface area contributed by atoms with Crippen LogP contribution < -0.4 is 0 Å². The van der Waals surface area contributed by atoms with Crippen molar-refractivity contribution in [1.82, 2.24) is 0 Å². The summed E-state index contributed by atoms with van der Waals surface area (Å²) in [5.41, 5.74) is -0.189. The highest BCUT2D eigenvalue weighted by atomic mass is 16.5. The Balaban J connectivity index is 5.09. The monoisotopic (exact) mass is 433 g/mol. The summed E-state index contributed by atoms with van der Waals surface area (Å²) in [5.74, 6) is -1.03. The van der Waals surface area contributed by atoms with Gasteiger partial charge in [-0.3, -0.25) is 9.59 Å². The van der Waals surface area contributed by atoms with Crippen LogP contribution in [0.15, 0.2) is 23.8 Å². The highest BCUT2D eigenvalue weighted by Crippen LogP contribution is 2.30. The summed E-state index contributed by atoms with van der Waals surface area (Å²) in [5, 5.41) is 19.1. The molecule has 0 aliphatic heterocycles. The molecule has 0 aliphatic rings. The number of allylic oxidation sites excluding steroid dienone is 4. The van der Waals surface area contributed by atoms with Crippen molar-refractivity contribution in [1.29, 1.82) is 5.26 Å². The van der Waals surface area contributed by atoms with Gasteiger partial charge in [-0.25, -0.2) is 0 Å². The number of nitriles is 1. The lowest BCUT2D eigenvalue weighted by Crippen LogP contribution is -2.26. The number of carboxylic acids is 1. The number of carbonyl (C=O) groups is 2. The Morgan fingerprint density at radius 1 is 1.16 bits per heavy atom. The quantitative estimate of drug-likeness (QED) is 0.178. The molecule has 0 saturated carbocycles. The summed E-state index contributed by atoms with van der Waals surface area (Å²) < 4.78 is 5.56. The molecule has 0 spiro atoms. The molecular formula is C26H43NO4. The van der Waals surface area contributed by atoms with Crippen LogP contribution >= 0.6 is 0 Å². The predicted molar refractivity (Wildman–Crippen MR) is 125 cm³/mol. The molecular weight excluding hydrogens is 390 g/mol. The van der Waals surface area contributed by atoms with Crippen LogP contribution in [0, 0.1) is 40.4 Å². The first kappa shape index (κ1) is 29.1. The van der Waals surface area contributed by atoms with Crippen molar-refractivity contribution in [2.24, 2.45) is 29.1 Å². The van der Waals surface area contributed by atoms with Gasteiger partial charge in [0, 0.05) is 13.2 Å². The van der Waals surface area contributed by atoms with Gasteiger partial charge in [-0.15, -0.1) is 0 Å². The number of ether oxygens (including phenoxy) is 1. The minimum atomic E-state index is -0.841. The van der Waals surface area contributed by atoms with Crippen LogP contribution in [-0.2, 0) is 14.3 Å². The Hall–Kier alpha value is -1.93. The van der Waals surface area contributed by atoms with Crippen molar-refractivity contribution >= 4 is 11.8 Å². The molecule has 0 bridgehead atoms. The van der Waals surface area contributed by atoms with Crippen LogP contribution in [0.2, 0.25) is 0 Å². The van der Waals surface area contributed by atoms with E-state index >= 15 is 0 Å². The Kier molecular flexibility index (Phi) is 14.0. The van der Waals surface area contributed by atoms with Gasteiger partial charge in [-0.05, 0) is 54.9 Å². The Morgan fingerprint density at radius 3 is 2.29 bits per heavy atom. The number of hydrogen-bond donors (Lipinski definition) is 1. The molecule has 0 rings (SSSR count). The maximum atomic E-state index is 12.6. The van der Waals surface area contributed by atoms with Gasteiger partial charge in [0.2, 0.25) is 0 Å². The zero-order valence-corrected chi connectivity index (χ0v) is 20.6. The zero-order valence-electron chi connectivity index (χ0n) is 20.6. The SMILES string of the molecule is CCCOCCC(C)CC(C)(C)/C=C(\C#N)C(=O)/C=C/C[C@@H](C(=O)O)[C@@H](CC)C(C)C. The number of carbonyl (C=O) groups excluding carboxylic acids is 1. The third kappa shape index (κ3) is 11.9. The highest BCUT2D eigenvalue weighted by Gasteiger charge is 2.28. The van der Waals surface area contributed by atoms with Gasteiger partial charge in [0.05, 0.1) is 11.5 Å². The van der Waals surface area contributed by atoms with Gasteiger partial charge >= 0.3 is 5.97 Å². The number of nitrogens with zero attached hydrogens (tertiary/aromatic N) is 1. The maximum Gasteiger partial charge on any atom is 0.307 e. The fourth-order valence-corrected chi connectivity index (χ4v) is 4.23. The second-order valence-corrected chi connectivity index (χ2v) is 9.63. The summed E-state index contributed by atoms with van der Waals surface area (Å²) in [7, 11) is 0. The Bertz CT molecular complexity index is 655. The molecule has 1 N–H and O–H groups in total. The zero-order chi connectivity index (χ0) is 24.0. The lowest BCUT2D eigenvalue weighted by molar-refractivity contribution is -0.144. The van der Waals surface area contributed by atoms with E-state index in [4.69, 9.17) is 4.74 Å². The van der Waals surface area contributed by atoms with Crippen LogP contribution in [0.5, 0.6) is 0 Å². The maximum absolute atomic E-state index is 12.6. The highest BCUT2D eigenvalue weighted by molar-refractivity contribution is 6.06. The number of hydrogen-bond acceptors (Lipinski definition) is 4. The van der Waals surface area contributed by atoms with Crippen LogP contribution in [0.25, 0.3) is 0 Å². The molecule has 0 aromatic carbocycles. The van der Waals surface area contributed by atoms with Gasteiger partial charge in [0.1, 0.15) is 6.07 Å². The third-order valence-electron chi connectivity index (χ3n) is 5.72. The van der Waals surface area contributed by atoms with Crippen LogP contribution in [0.4, 0.5) is 0 Å². The molecule has 3 atom stereocenters. The molecule has 0 aromatic rings. The Labute approximate surface area is 189 Å². The van der Waals surface area contributed by atoms with Crippen molar-refractivity contribution in [2.75, 3.05) is 13.2 Å². The first-order valence-corrected chi connectivity index (χ1v) is 11.6. The first-order chi connectivity index (χ1) is 14.5. The van der Waals surface area contributed by atoms with E-state index in [0.29, 0.717) is 5.92 Å². The molecule has 0 fully saturated rings. The van der Waals surface area contributed by atoms with E-state index in [1.54, 1.807) is 12.2 Å². The van der Waals surface area contributed by atoms with Gasteiger partial charge < -0.3 is 9.84 Å². The van der Waals surface area contributed by atoms with E-state index in [-0.39, 0.29) is 35.0 Å². The van der Waals surface area contributed by atoms with Crippen molar-refractivity contribution in [2.45, 2.75) is 80.6 Å². The minimum Gasteiger partial charge on any atom is -0.481 e. The van der Waals surface area contributed by atoms with E-state index in [2.05, 4.69) is 13.8 Å². The van der Waals surface area contributed by atoms with Gasteiger partial charge in [-0.2, -0.15) is 5.26 Å². The lowest BCUT2D eigenvalue weighted by atomic mass is 9.79. The van der Waals surface area contributed by atoms with Crippen molar-refractivity contribution < 1.29 is 19.4 Å². The standard InChI is InChI=1S/C26H43NO4/c1-8-14-31-15-13-20(5)16-26(6,7)17-21(18-27)24(28)12-10-11-23(25(29)30)22(9-2)19(3)4/h10,12,17,19-20,22-23H,8-9,11,13-16H2,1-7H3,(H,29,30)/b12-10+,21-17+/t20?,22-,23+/m0/s1. The van der Waals surface area contributed by atoms with Crippen LogP contribution in [0.1, 0.15) is 80.6 Å². The number of ketones is 1. The minimum absolute atomic E-state index is 0.0463. The summed E-state index contributed by atoms with van der Waals surface area (Å²) in [6.07, 6.45) is 8.57. The Morgan fingerprint density at radius 2 is 1.81 bits per heavy atom. The molecule has 5 heteroatoms. The molecule has 0 aliphatic carbocycles. The molecule has 0 heterocycles. The van der Waals surface area contributed by atoms with Crippen LogP contribution in [-0.4, -0.2) is 30.1 Å². The van der Waals surface area contributed by atoms with Crippen molar-refractivity contribution in [3.8, 4) is 6.07 Å². The van der Waals surface area contributed by atoms with Crippen molar-refractivity contribution in [3.05, 3.63) is 23.8 Å². The molecule has 5 nitrogen and oxygen atoms in total. The number of aliphatic carboxylic acids is 1. The smallest absolute Gasteiger partial charge is 0.307 e. The molecule has 31 heavy (non-hydrogen) atoms. The molecule has 176 valence electrons. The third-order valence-corrected chi connectivity index (χ3v) is 5.72. The fraction of sp³-hybridized carbons (Fsp3) is 0.731. The predicted octanol–water partition coefficient (Wildman–Crippen LogP) is 6.20. The summed E-state index contributed by atoms with van der Waals surface area (Å²) in [6, 6.07) is 2.02. The summed E-state index contributed by atoms with van der Waals surface area (Å²) >= 11 is 0. The van der Waals surface area contributed by atoms with Gasteiger partial charge in [-0.1, -0.05) is 67.0 Å². The lowest BCUT2D eigenvalue weighted by Gasteiger charge is -2.25. The molecule has 1 unspecified atom stereocenters.